The lowest BCUT2D eigenvalue weighted by atomic mass is 9.82. The lowest BCUT2D eigenvalue weighted by Gasteiger charge is -2.26. The van der Waals surface area contributed by atoms with Gasteiger partial charge in [0.25, 0.3) is 0 Å². The normalized spacial score (nSPS) is 15.2. The molecule has 21 heavy (non-hydrogen) atoms. The summed E-state index contributed by atoms with van der Waals surface area (Å²) in [6.07, 6.45) is 3.36. The SMILES string of the molecule is CC(CC(Cc1ccc(C(C)C)cc1)NN)CC(C)(C)C. The molecule has 0 spiro atoms. The van der Waals surface area contributed by atoms with Crippen molar-refractivity contribution in [2.75, 3.05) is 0 Å². The molecule has 2 nitrogen and oxygen atoms in total. The first-order valence-electron chi connectivity index (χ1n) is 8.26. The highest BCUT2D eigenvalue weighted by molar-refractivity contribution is 5.25. The number of rotatable bonds is 7. The predicted molar refractivity (Wildman–Crippen MR) is 93.2 cm³/mol. The van der Waals surface area contributed by atoms with E-state index in [0.29, 0.717) is 23.3 Å². The van der Waals surface area contributed by atoms with Gasteiger partial charge in [0.05, 0.1) is 0 Å². The number of hydrogen-bond acceptors (Lipinski definition) is 2. The first-order valence-corrected chi connectivity index (χ1v) is 8.26. The average Bonchev–Trinajstić information content (AvgIpc) is 2.36. The van der Waals surface area contributed by atoms with Crippen LogP contribution in [0.1, 0.15) is 71.4 Å². The molecule has 0 bridgehead atoms. The van der Waals surface area contributed by atoms with E-state index in [2.05, 4.69) is 71.2 Å². The van der Waals surface area contributed by atoms with Crippen molar-refractivity contribution in [1.29, 1.82) is 0 Å². The summed E-state index contributed by atoms with van der Waals surface area (Å²) in [6.45, 7) is 13.7. The lowest BCUT2D eigenvalue weighted by Crippen LogP contribution is -2.38. The van der Waals surface area contributed by atoms with Crippen molar-refractivity contribution < 1.29 is 0 Å². The van der Waals surface area contributed by atoms with Crippen LogP contribution in [0.2, 0.25) is 0 Å². The minimum Gasteiger partial charge on any atom is -0.271 e. The van der Waals surface area contributed by atoms with Gasteiger partial charge in [-0.3, -0.25) is 11.3 Å². The number of benzene rings is 1. The van der Waals surface area contributed by atoms with Gasteiger partial charge in [-0.1, -0.05) is 65.8 Å². The van der Waals surface area contributed by atoms with Gasteiger partial charge in [-0.25, -0.2) is 0 Å². The maximum atomic E-state index is 5.76. The highest BCUT2D eigenvalue weighted by Gasteiger charge is 2.19. The summed E-state index contributed by atoms with van der Waals surface area (Å²) in [4.78, 5) is 0. The van der Waals surface area contributed by atoms with Gasteiger partial charge < -0.3 is 0 Å². The third-order valence-corrected chi connectivity index (χ3v) is 4.01. The third-order valence-electron chi connectivity index (χ3n) is 4.01. The molecule has 0 aliphatic carbocycles. The summed E-state index contributed by atoms with van der Waals surface area (Å²) in [6, 6.07) is 9.33. The van der Waals surface area contributed by atoms with Crippen LogP contribution in [0.25, 0.3) is 0 Å². The van der Waals surface area contributed by atoms with Crippen LogP contribution in [-0.4, -0.2) is 6.04 Å². The van der Waals surface area contributed by atoms with E-state index in [-0.39, 0.29) is 0 Å². The second-order valence-electron chi connectivity index (χ2n) is 8.07. The summed E-state index contributed by atoms with van der Waals surface area (Å²) in [5.74, 6) is 7.03. The van der Waals surface area contributed by atoms with E-state index >= 15 is 0 Å². The zero-order chi connectivity index (χ0) is 16.0. The Labute approximate surface area is 131 Å². The molecule has 2 unspecified atom stereocenters. The Morgan fingerprint density at radius 2 is 1.62 bits per heavy atom. The molecule has 0 aromatic heterocycles. The molecule has 0 saturated carbocycles. The molecule has 0 amide bonds. The first-order chi connectivity index (χ1) is 9.71. The van der Waals surface area contributed by atoms with Crippen molar-refractivity contribution in [3.63, 3.8) is 0 Å². The molecule has 0 aliphatic heterocycles. The molecular weight excluding hydrogens is 256 g/mol. The van der Waals surface area contributed by atoms with Gasteiger partial charge in [0, 0.05) is 6.04 Å². The zero-order valence-electron chi connectivity index (χ0n) is 14.7. The Morgan fingerprint density at radius 3 is 2.05 bits per heavy atom. The molecule has 2 atom stereocenters. The molecule has 0 fully saturated rings. The monoisotopic (exact) mass is 290 g/mol. The van der Waals surface area contributed by atoms with Crippen molar-refractivity contribution in [1.82, 2.24) is 5.43 Å². The van der Waals surface area contributed by atoms with Gasteiger partial charge in [-0.15, -0.1) is 0 Å². The van der Waals surface area contributed by atoms with Gasteiger partial charge in [-0.2, -0.15) is 0 Å². The Balaban J connectivity index is 2.57. The van der Waals surface area contributed by atoms with Gasteiger partial charge in [-0.05, 0) is 47.6 Å². The molecule has 120 valence electrons. The van der Waals surface area contributed by atoms with Gasteiger partial charge >= 0.3 is 0 Å². The molecule has 1 aromatic carbocycles. The van der Waals surface area contributed by atoms with Crippen LogP contribution < -0.4 is 11.3 Å². The minimum atomic E-state index is 0.354. The molecule has 0 heterocycles. The second kappa shape index (κ2) is 7.95. The van der Waals surface area contributed by atoms with Crippen LogP contribution in [0.4, 0.5) is 0 Å². The van der Waals surface area contributed by atoms with Crippen LogP contribution in [0.15, 0.2) is 24.3 Å². The summed E-state index contributed by atoms with van der Waals surface area (Å²) in [5.41, 5.74) is 6.16. The second-order valence-corrected chi connectivity index (χ2v) is 8.07. The fourth-order valence-corrected chi connectivity index (χ4v) is 3.15. The smallest absolute Gasteiger partial charge is 0.0253 e. The molecule has 3 N–H and O–H groups in total. The maximum Gasteiger partial charge on any atom is 0.0253 e. The zero-order valence-corrected chi connectivity index (χ0v) is 14.7. The topological polar surface area (TPSA) is 38.0 Å². The number of hydrazine groups is 1. The highest BCUT2D eigenvalue weighted by atomic mass is 15.2. The molecule has 1 rings (SSSR count). The van der Waals surface area contributed by atoms with E-state index in [0.717, 1.165) is 12.8 Å². The van der Waals surface area contributed by atoms with Crippen molar-refractivity contribution in [2.45, 2.75) is 72.8 Å². The summed E-state index contributed by atoms with van der Waals surface area (Å²) in [7, 11) is 0. The molecular formula is C19H34N2. The van der Waals surface area contributed by atoms with Gasteiger partial charge in [0.2, 0.25) is 0 Å². The molecule has 0 saturated heterocycles. The van der Waals surface area contributed by atoms with Crippen LogP contribution in [0.3, 0.4) is 0 Å². The maximum absolute atomic E-state index is 5.76. The average molecular weight is 290 g/mol. The summed E-state index contributed by atoms with van der Waals surface area (Å²) < 4.78 is 0. The minimum absolute atomic E-state index is 0.354. The Hall–Kier alpha value is -0.860. The molecule has 0 aliphatic rings. The standard InChI is InChI=1S/C19H34N2/c1-14(2)17-9-7-16(8-10-17)12-18(21-20)11-15(3)13-19(4,5)6/h7-10,14-15,18,21H,11-13,20H2,1-6H3. The van der Waals surface area contributed by atoms with E-state index in [1.807, 2.05) is 0 Å². The van der Waals surface area contributed by atoms with Crippen LogP contribution in [0.5, 0.6) is 0 Å². The molecule has 1 aromatic rings. The van der Waals surface area contributed by atoms with Crippen LogP contribution in [0, 0.1) is 11.3 Å². The Bertz CT molecular complexity index is 401. The van der Waals surface area contributed by atoms with E-state index in [4.69, 9.17) is 5.84 Å². The lowest BCUT2D eigenvalue weighted by molar-refractivity contribution is 0.274. The van der Waals surface area contributed by atoms with E-state index in [9.17, 15) is 0 Å². The largest absolute Gasteiger partial charge is 0.271 e. The van der Waals surface area contributed by atoms with Gasteiger partial charge in [0.1, 0.15) is 0 Å². The van der Waals surface area contributed by atoms with Crippen LogP contribution >= 0.6 is 0 Å². The fraction of sp³-hybridized carbons (Fsp3) is 0.684. The number of nitrogens with one attached hydrogen (secondary N) is 1. The first kappa shape index (κ1) is 18.2. The van der Waals surface area contributed by atoms with E-state index < -0.39 is 0 Å². The Kier molecular flexibility index (Phi) is 6.89. The number of nitrogens with two attached hydrogens (primary N) is 1. The van der Waals surface area contributed by atoms with E-state index in [1.54, 1.807) is 0 Å². The van der Waals surface area contributed by atoms with Crippen molar-refractivity contribution in [2.24, 2.45) is 17.2 Å². The predicted octanol–water partition coefficient (Wildman–Crippen LogP) is 4.65. The number of hydrogen-bond donors (Lipinski definition) is 2. The third kappa shape index (κ3) is 7.10. The fourth-order valence-electron chi connectivity index (χ4n) is 3.15. The summed E-state index contributed by atoms with van der Waals surface area (Å²) >= 11 is 0. The molecule has 0 radical (unpaired) electrons. The van der Waals surface area contributed by atoms with Crippen molar-refractivity contribution in [3.8, 4) is 0 Å². The van der Waals surface area contributed by atoms with Crippen LogP contribution in [-0.2, 0) is 6.42 Å². The Morgan fingerprint density at radius 1 is 1.05 bits per heavy atom. The summed E-state index contributed by atoms with van der Waals surface area (Å²) in [5, 5.41) is 0. The highest BCUT2D eigenvalue weighted by Crippen LogP contribution is 2.27. The van der Waals surface area contributed by atoms with E-state index in [1.165, 1.54) is 17.5 Å². The van der Waals surface area contributed by atoms with Gasteiger partial charge in [0.15, 0.2) is 0 Å². The van der Waals surface area contributed by atoms with Crippen molar-refractivity contribution in [3.05, 3.63) is 35.4 Å². The molecule has 2 heteroatoms. The quantitative estimate of drug-likeness (QED) is 0.567. The van der Waals surface area contributed by atoms with Crippen molar-refractivity contribution >= 4 is 0 Å².